The maximum absolute atomic E-state index is 5.84. The molecular formula is C16H27N3O2. The highest BCUT2D eigenvalue weighted by Gasteiger charge is 2.15. The van der Waals surface area contributed by atoms with Gasteiger partial charge in [-0.15, -0.1) is 0 Å². The van der Waals surface area contributed by atoms with Gasteiger partial charge in [-0.25, -0.2) is 0 Å². The molecule has 0 atom stereocenters. The minimum atomic E-state index is 0.694. The molecule has 1 heterocycles. The zero-order chi connectivity index (χ0) is 14.9. The lowest BCUT2D eigenvalue weighted by Crippen LogP contribution is -2.43. The highest BCUT2D eigenvalue weighted by molar-refractivity contribution is 5.60. The highest BCUT2D eigenvalue weighted by Crippen LogP contribution is 2.30. The minimum absolute atomic E-state index is 0.694. The van der Waals surface area contributed by atoms with Gasteiger partial charge in [-0.3, -0.25) is 0 Å². The third-order valence-corrected chi connectivity index (χ3v) is 3.59. The Labute approximate surface area is 127 Å². The van der Waals surface area contributed by atoms with Crippen molar-refractivity contribution >= 4 is 5.69 Å². The van der Waals surface area contributed by atoms with E-state index in [2.05, 4.69) is 33.7 Å². The fourth-order valence-corrected chi connectivity index (χ4v) is 2.51. The number of anilines is 1. The van der Waals surface area contributed by atoms with Crippen molar-refractivity contribution in [2.75, 3.05) is 57.9 Å². The van der Waals surface area contributed by atoms with Gasteiger partial charge >= 0.3 is 0 Å². The van der Waals surface area contributed by atoms with Crippen molar-refractivity contribution < 1.29 is 9.47 Å². The first kappa shape index (κ1) is 16.1. The van der Waals surface area contributed by atoms with E-state index in [-0.39, 0.29) is 0 Å². The van der Waals surface area contributed by atoms with Gasteiger partial charge < -0.3 is 25.0 Å². The minimum Gasteiger partial charge on any atom is -0.492 e. The first-order chi connectivity index (χ1) is 10.3. The van der Waals surface area contributed by atoms with Gasteiger partial charge in [-0.2, -0.15) is 0 Å². The molecule has 21 heavy (non-hydrogen) atoms. The van der Waals surface area contributed by atoms with Gasteiger partial charge in [-0.05, 0) is 24.6 Å². The van der Waals surface area contributed by atoms with Gasteiger partial charge in [0.15, 0.2) is 0 Å². The summed E-state index contributed by atoms with van der Waals surface area (Å²) in [5.74, 6) is 0.991. The molecule has 1 fully saturated rings. The molecule has 2 N–H and O–H groups in total. The predicted molar refractivity (Wildman–Crippen MR) is 86.3 cm³/mol. The lowest BCUT2D eigenvalue weighted by Gasteiger charge is -2.31. The zero-order valence-electron chi connectivity index (χ0n) is 13.2. The number of piperazine rings is 1. The maximum Gasteiger partial charge on any atom is 0.142 e. The van der Waals surface area contributed by atoms with E-state index in [1.165, 1.54) is 11.3 Å². The van der Waals surface area contributed by atoms with E-state index in [0.717, 1.165) is 51.6 Å². The molecule has 2 rings (SSSR count). The molecule has 1 aliphatic rings. The second kappa shape index (κ2) is 8.87. The Morgan fingerprint density at radius 1 is 1.29 bits per heavy atom. The van der Waals surface area contributed by atoms with Crippen molar-refractivity contribution in [3.05, 3.63) is 23.8 Å². The Bertz CT molecular complexity index is 420. The third kappa shape index (κ3) is 4.88. The molecule has 0 spiro atoms. The Morgan fingerprint density at radius 2 is 2.10 bits per heavy atom. The summed E-state index contributed by atoms with van der Waals surface area (Å²) in [6.07, 6.45) is 0. The molecule has 0 aromatic heterocycles. The summed E-state index contributed by atoms with van der Waals surface area (Å²) in [5.41, 5.74) is 2.45. The van der Waals surface area contributed by atoms with Crippen LogP contribution in [0.1, 0.15) is 12.5 Å². The second-order valence-electron chi connectivity index (χ2n) is 5.14. The molecule has 1 aliphatic heterocycles. The summed E-state index contributed by atoms with van der Waals surface area (Å²) in [6, 6.07) is 6.52. The summed E-state index contributed by atoms with van der Waals surface area (Å²) in [5, 5.41) is 6.75. The quantitative estimate of drug-likeness (QED) is 0.706. The first-order valence-corrected chi connectivity index (χ1v) is 7.76. The topological polar surface area (TPSA) is 45.8 Å². The molecule has 1 aromatic carbocycles. The fraction of sp³-hybridized carbons (Fsp3) is 0.625. The van der Waals surface area contributed by atoms with Crippen LogP contribution in [0.3, 0.4) is 0 Å². The van der Waals surface area contributed by atoms with Crippen molar-refractivity contribution in [1.29, 1.82) is 0 Å². The van der Waals surface area contributed by atoms with Crippen LogP contribution < -0.4 is 20.3 Å². The Kier molecular flexibility index (Phi) is 6.79. The van der Waals surface area contributed by atoms with Gasteiger partial charge in [0.2, 0.25) is 0 Å². The van der Waals surface area contributed by atoms with Gasteiger partial charge in [0.1, 0.15) is 5.75 Å². The lowest BCUT2D eigenvalue weighted by molar-refractivity contribution is 0.199. The van der Waals surface area contributed by atoms with Crippen LogP contribution >= 0.6 is 0 Å². The maximum atomic E-state index is 5.84. The number of hydrogen-bond acceptors (Lipinski definition) is 5. The molecule has 0 saturated carbocycles. The van der Waals surface area contributed by atoms with Crippen LogP contribution in [-0.4, -0.2) is 53.0 Å². The van der Waals surface area contributed by atoms with Crippen LogP contribution in [-0.2, 0) is 11.3 Å². The monoisotopic (exact) mass is 293 g/mol. The summed E-state index contributed by atoms with van der Waals surface area (Å²) in [7, 11) is 1.72. The molecular weight excluding hydrogens is 266 g/mol. The standard InChI is InChI=1S/C16H27N3O2/c1-3-21-16-12-14(13-18-8-11-20-2)4-5-15(16)19-9-6-17-7-10-19/h4-5,12,17-18H,3,6-11,13H2,1-2H3. The predicted octanol–water partition coefficient (Wildman–Crippen LogP) is 1.23. The molecule has 0 bridgehead atoms. The second-order valence-corrected chi connectivity index (χ2v) is 5.14. The average molecular weight is 293 g/mol. The van der Waals surface area contributed by atoms with E-state index in [4.69, 9.17) is 9.47 Å². The molecule has 118 valence electrons. The van der Waals surface area contributed by atoms with Gasteiger partial charge in [0.05, 0.1) is 18.9 Å². The summed E-state index contributed by atoms with van der Waals surface area (Å²) < 4.78 is 10.9. The summed E-state index contributed by atoms with van der Waals surface area (Å²) in [6.45, 7) is 9.29. The Hall–Kier alpha value is -1.30. The number of benzene rings is 1. The fourth-order valence-electron chi connectivity index (χ4n) is 2.51. The van der Waals surface area contributed by atoms with Crippen LogP contribution in [0.15, 0.2) is 18.2 Å². The van der Waals surface area contributed by atoms with E-state index in [0.29, 0.717) is 6.61 Å². The molecule has 1 aromatic rings. The molecule has 5 heteroatoms. The van der Waals surface area contributed by atoms with Crippen molar-refractivity contribution in [2.24, 2.45) is 0 Å². The van der Waals surface area contributed by atoms with Crippen molar-refractivity contribution in [1.82, 2.24) is 10.6 Å². The number of hydrogen-bond donors (Lipinski definition) is 2. The van der Waals surface area contributed by atoms with Gasteiger partial charge in [0, 0.05) is 46.4 Å². The number of rotatable bonds is 8. The number of ether oxygens (including phenoxy) is 2. The van der Waals surface area contributed by atoms with Crippen LogP contribution in [0.2, 0.25) is 0 Å². The molecule has 0 aliphatic carbocycles. The van der Waals surface area contributed by atoms with Crippen LogP contribution in [0.25, 0.3) is 0 Å². The molecule has 1 saturated heterocycles. The van der Waals surface area contributed by atoms with Crippen molar-refractivity contribution in [3.8, 4) is 5.75 Å². The Balaban J connectivity index is 2.03. The lowest BCUT2D eigenvalue weighted by atomic mass is 10.1. The SMILES string of the molecule is CCOc1cc(CNCCOC)ccc1N1CCNCC1. The molecule has 0 radical (unpaired) electrons. The van der Waals surface area contributed by atoms with E-state index in [9.17, 15) is 0 Å². The average Bonchev–Trinajstić information content (AvgIpc) is 2.53. The number of methoxy groups -OCH3 is 1. The number of nitrogens with zero attached hydrogens (tertiary/aromatic N) is 1. The van der Waals surface area contributed by atoms with E-state index >= 15 is 0 Å². The van der Waals surface area contributed by atoms with E-state index < -0.39 is 0 Å². The molecule has 0 unspecified atom stereocenters. The summed E-state index contributed by atoms with van der Waals surface area (Å²) in [4.78, 5) is 2.39. The smallest absolute Gasteiger partial charge is 0.142 e. The molecule has 5 nitrogen and oxygen atoms in total. The highest BCUT2D eigenvalue weighted by atomic mass is 16.5. The van der Waals surface area contributed by atoms with E-state index in [1.54, 1.807) is 7.11 Å². The van der Waals surface area contributed by atoms with Crippen molar-refractivity contribution in [2.45, 2.75) is 13.5 Å². The van der Waals surface area contributed by atoms with E-state index in [1.807, 2.05) is 6.92 Å². The largest absolute Gasteiger partial charge is 0.492 e. The molecule has 0 amide bonds. The van der Waals surface area contributed by atoms with Crippen LogP contribution in [0.5, 0.6) is 5.75 Å². The van der Waals surface area contributed by atoms with Gasteiger partial charge in [-0.1, -0.05) is 6.07 Å². The zero-order valence-corrected chi connectivity index (χ0v) is 13.2. The number of nitrogens with one attached hydrogen (secondary N) is 2. The van der Waals surface area contributed by atoms with Crippen LogP contribution in [0.4, 0.5) is 5.69 Å². The van der Waals surface area contributed by atoms with Gasteiger partial charge in [0.25, 0.3) is 0 Å². The first-order valence-electron chi connectivity index (χ1n) is 7.76. The van der Waals surface area contributed by atoms with Crippen LogP contribution in [0, 0.1) is 0 Å². The summed E-state index contributed by atoms with van der Waals surface area (Å²) >= 11 is 0. The third-order valence-electron chi connectivity index (χ3n) is 3.59. The normalized spacial score (nSPS) is 15.2. The Morgan fingerprint density at radius 3 is 2.81 bits per heavy atom. The van der Waals surface area contributed by atoms with Crippen molar-refractivity contribution in [3.63, 3.8) is 0 Å².